The molecule has 1 heterocycles. The van der Waals surface area contributed by atoms with Gasteiger partial charge in [0, 0.05) is 29.3 Å². The minimum absolute atomic E-state index is 0.0561. The van der Waals surface area contributed by atoms with Gasteiger partial charge >= 0.3 is 0 Å². The first-order valence-corrected chi connectivity index (χ1v) is 10.7. The van der Waals surface area contributed by atoms with E-state index in [0.717, 1.165) is 39.9 Å². The van der Waals surface area contributed by atoms with Crippen molar-refractivity contribution in [2.75, 3.05) is 19.5 Å². The Morgan fingerprint density at radius 3 is 2.48 bits per heavy atom. The fraction of sp³-hybridized carbons (Fsp3) is 0.296. The zero-order valence-electron chi connectivity index (χ0n) is 18.4. The van der Waals surface area contributed by atoms with Gasteiger partial charge in [-0.3, -0.25) is 4.79 Å². The molecule has 0 saturated heterocycles. The molecule has 5 rings (SSSR count). The Morgan fingerprint density at radius 1 is 0.935 bits per heavy atom. The van der Waals surface area contributed by atoms with Gasteiger partial charge in [0.2, 0.25) is 0 Å². The Morgan fingerprint density at radius 2 is 1.71 bits per heavy atom. The van der Waals surface area contributed by atoms with Crippen LogP contribution in [0.15, 0.2) is 65.9 Å². The predicted octanol–water partition coefficient (Wildman–Crippen LogP) is 6.06. The van der Waals surface area contributed by atoms with Gasteiger partial charge in [0.25, 0.3) is 0 Å². The highest BCUT2D eigenvalue weighted by molar-refractivity contribution is 6.04. The third kappa shape index (κ3) is 3.18. The summed E-state index contributed by atoms with van der Waals surface area (Å²) >= 11 is 0. The molecule has 4 heteroatoms. The number of anilines is 1. The van der Waals surface area contributed by atoms with Gasteiger partial charge in [-0.1, -0.05) is 50.2 Å². The van der Waals surface area contributed by atoms with Crippen molar-refractivity contribution < 1.29 is 14.3 Å². The third-order valence-corrected chi connectivity index (χ3v) is 6.49. The highest BCUT2D eigenvalue weighted by Crippen LogP contribution is 2.51. The van der Waals surface area contributed by atoms with E-state index in [-0.39, 0.29) is 17.1 Å². The number of benzene rings is 3. The molecule has 4 nitrogen and oxygen atoms in total. The van der Waals surface area contributed by atoms with Crippen molar-refractivity contribution >= 4 is 22.2 Å². The summed E-state index contributed by atoms with van der Waals surface area (Å²) in [6.45, 7) is 4.33. The van der Waals surface area contributed by atoms with Crippen LogP contribution in [0.1, 0.15) is 43.7 Å². The van der Waals surface area contributed by atoms with E-state index in [9.17, 15) is 4.79 Å². The quantitative estimate of drug-likeness (QED) is 0.567. The molecule has 31 heavy (non-hydrogen) atoms. The molecule has 3 aromatic carbocycles. The van der Waals surface area contributed by atoms with Crippen molar-refractivity contribution in [2.45, 2.75) is 32.6 Å². The predicted molar refractivity (Wildman–Crippen MR) is 124 cm³/mol. The number of hydrogen-bond donors (Lipinski definition) is 1. The second kappa shape index (κ2) is 7.16. The Labute approximate surface area is 182 Å². The van der Waals surface area contributed by atoms with E-state index < -0.39 is 0 Å². The van der Waals surface area contributed by atoms with Gasteiger partial charge in [0.1, 0.15) is 0 Å². The molecule has 0 fully saturated rings. The third-order valence-electron chi connectivity index (χ3n) is 6.49. The van der Waals surface area contributed by atoms with Crippen LogP contribution in [0, 0.1) is 5.41 Å². The number of nitrogens with one attached hydrogen (secondary N) is 1. The molecular formula is C27H27NO3. The summed E-state index contributed by atoms with van der Waals surface area (Å²) in [6.07, 6.45) is 1.40. The lowest BCUT2D eigenvalue weighted by molar-refractivity contribution is -0.118. The summed E-state index contributed by atoms with van der Waals surface area (Å²) in [7, 11) is 3.28. The van der Waals surface area contributed by atoms with Crippen molar-refractivity contribution in [3.05, 3.63) is 77.0 Å². The van der Waals surface area contributed by atoms with Gasteiger partial charge in [-0.25, -0.2) is 0 Å². The van der Waals surface area contributed by atoms with Crippen molar-refractivity contribution in [1.82, 2.24) is 0 Å². The summed E-state index contributed by atoms with van der Waals surface area (Å²) in [6, 6.07) is 18.7. The number of hydrogen-bond acceptors (Lipinski definition) is 4. The lowest BCUT2D eigenvalue weighted by Gasteiger charge is -2.40. The van der Waals surface area contributed by atoms with Crippen LogP contribution in [0.4, 0.5) is 5.69 Å². The van der Waals surface area contributed by atoms with Crippen LogP contribution < -0.4 is 14.8 Å². The fourth-order valence-corrected chi connectivity index (χ4v) is 5.17. The first kappa shape index (κ1) is 19.7. The number of rotatable bonds is 3. The maximum atomic E-state index is 13.5. The number of fused-ring (bicyclic) bond motifs is 3. The van der Waals surface area contributed by atoms with Crippen LogP contribution in [-0.4, -0.2) is 20.0 Å². The number of carbonyl (C=O) groups excluding carboxylic acids is 1. The van der Waals surface area contributed by atoms with Crippen molar-refractivity contribution in [3.8, 4) is 11.5 Å². The Kier molecular flexibility index (Phi) is 4.54. The maximum Gasteiger partial charge on any atom is 0.162 e. The molecule has 1 unspecified atom stereocenters. The van der Waals surface area contributed by atoms with Gasteiger partial charge in [0.05, 0.1) is 14.2 Å². The molecule has 0 radical (unpaired) electrons. The highest BCUT2D eigenvalue weighted by Gasteiger charge is 2.41. The smallest absolute Gasteiger partial charge is 0.162 e. The van der Waals surface area contributed by atoms with Gasteiger partial charge in [0.15, 0.2) is 17.3 Å². The molecule has 0 bridgehead atoms. The maximum absolute atomic E-state index is 13.5. The van der Waals surface area contributed by atoms with E-state index >= 15 is 0 Å². The monoisotopic (exact) mass is 413 g/mol. The van der Waals surface area contributed by atoms with Gasteiger partial charge < -0.3 is 14.8 Å². The zero-order chi connectivity index (χ0) is 21.8. The Balaban J connectivity index is 1.80. The number of ether oxygens (including phenoxy) is 2. The average Bonchev–Trinajstić information content (AvgIpc) is 2.76. The Hall–Kier alpha value is -3.27. The first-order valence-electron chi connectivity index (χ1n) is 10.7. The van der Waals surface area contributed by atoms with Crippen molar-refractivity contribution in [1.29, 1.82) is 0 Å². The number of ketones is 1. The highest BCUT2D eigenvalue weighted by atomic mass is 16.5. The van der Waals surface area contributed by atoms with Crippen LogP contribution in [0.2, 0.25) is 0 Å². The molecule has 158 valence electrons. The average molecular weight is 414 g/mol. The van der Waals surface area contributed by atoms with Crippen LogP contribution in [0.25, 0.3) is 10.8 Å². The standard InChI is InChI=1S/C27H27NO3/c1-27(2)14-20-26(21(29)15-27)24(17-10-12-22(30-3)23(13-17)31-4)25-18-8-6-5-7-16(18)9-11-19(25)28-20/h5-13,24,28H,14-15H2,1-4H3. The van der Waals surface area contributed by atoms with E-state index in [0.29, 0.717) is 17.9 Å². The molecule has 1 N–H and O–H groups in total. The van der Waals surface area contributed by atoms with Crippen molar-refractivity contribution in [3.63, 3.8) is 0 Å². The molecule has 0 aromatic heterocycles. The number of allylic oxidation sites excluding steroid dienone is 2. The molecule has 0 amide bonds. The Bertz CT molecular complexity index is 1240. The van der Waals surface area contributed by atoms with Crippen LogP contribution in [0.5, 0.6) is 11.5 Å². The van der Waals surface area contributed by atoms with E-state index in [1.54, 1.807) is 14.2 Å². The molecule has 1 atom stereocenters. The summed E-state index contributed by atoms with van der Waals surface area (Å²) in [5.41, 5.74) is 5.13. The first-order chi connectivity index (χ1) is 14.9. The van der Waals surface area contributed by atoms with E-state index in [2.05, 4.69) is 61.6 Å². The van der Waals surface area contributed by atoms with Crippen LogP contribution >= 0.6 is 0 Å². The molecule has 1 aliphatic heterocycles. The normalized spacial score (nSPS) is 19.5. The minimum Gasteiger partial charge on any atom is -0.493 e. The lowest BCUT2D eigenvalue weighted by Crippen LogP contribution is -2.33. The molecular weight excluding hydrogens is 386 g/mol. The molecule has 0 spiro atoms. The summed E-state index contributed by atoms with van der Waals surface area (Å²) in [5, 5.41) is 5.96. The number of carbonyl (C=O) groups is 1. The van der Waals surface area contributed by atoms with E-state index in [4.69, 9.17) is 9.47 Å². The van der Waals surface area contributed by atoms with Crippen LogP contribution in [-0.2, 0) is 4.79 Å². The summed E-state index contributed by atoms with van der Waals surface area (Å²) in [5.74, 6) is 1.42. The number of methoxy groups -OCH3 is 2. The second-order valence-electron chi connectivity index (χ2n) is 9.25. The molecule has 0 saturated carbocycles. The fourth-order valence-electron chi connectivity index (χ4n) is 5.17. The molecule has 3 aromatic rings. The summed E-state index contributed by atoms with van der Waals surface area (Å²) in [4.78, 5) is 13.5. The number of Topliss-reactive ketones (excluding diaryl/α,β-unsaturated/α-hetero) is 1. The zero-order valence-corrected chi connectivity index (χ0v) is 18.4. The van der Waals surface area contributed by atoms with Gasteiger partial charge in [-0.2, -0.15) is 0 Å². The van der Waals surface area contributed by atoms with E-state index in [1.165, 1.54) is 5.39 Å². The lowest BCUT2D eigenvalue weighted by atomic mass is 9.68. The molecule has 2 aliphatic rings. The topological polar surface area (TPSA) is 47.6 Å². The van der Waals surface area contributed by atoms with E-state index in [1.807, 2.05) is 12.1 Å². The van der Waals surface area contributed by atoms with Crippen LogP contribution in [0.3, 0.4) is 0 Å². The summed E-state index contributed by atoms with van der Waals surface area (Å²) < 4.78 is 11.1. The largest absolute Gasteiger partial charge is 0.493 e. The van der Waals surface area contributed by atoms with Gasteiger partial charge in [-0.15, -0.1) is 0 Å². The second-order valence-corrected chi connectivity index (χ2v) is 9.25. The van der Waals surface area contributed by atoms with Crippen molar-refractivity contribution in [2.24, 2.45) is 5.41 Å². The SMILES string of the molecule is COc1ccc(C2C3=C(CC(C)(C)CC3=O)Nc3ccc4ccccc4c32)cc1OC. The van der Waals surface area contributed by atoms with Gasteiger partial charge in [-0.05, 0) is 51.9 Å². The molecule has 1 aliphatic carbocycles. The minimum atomic E-state index is -0.152.